The number of benzene rings is 1. The fourth-order valence-corrected chi connectivity index (χ4v) is 3.88. The summed E-state index contributed by atoms with van der Waals surface area (Å²) in [4.78, 5) is 26.8. The lowest BCUT2D eigenvalue weighted by atomic mass is 10.1. The molecule has 0 aliphatic rings. The fraction of sp³-hybridized carbons (Fsp3) is 0.111. The predicted molar refractivity (Wildman–Crippen MR) is 113 cm³/mol. The van der Waals surface area contributed by atoms with Crippen molar-refractivity contribution in [1.29, 1.82) is 5.26 Å². The molecule has 3 aromatic rings. The Labute approximate surface area is 185 Å². The van der Waals surface area contributed by atoms with Crippen molar-refractivity contribution in [2.24, 2.45) is 0 Å². The van der Waals surface area contributed by atoms with Crippen molar-refractivity contribution < 1.29 is 27.3 Å². The molecule has 2 aromatic heterocycles. The third kappa shape index (κ3) is 4.96. The van der Waals surface area contributed by atoms with Crippen molar-refractivity contribution >= 4 is 44.2 Å². The van der Waals surface area contributed by atoms with E-state index in [9.17, 15) is 28.6 Å². The monoisotopic (exact) mass is 475 g/mol. The van der Waals surface area contributed by atoms with E-state index in [0.717, 1.165) is 12.3 Å². The van der Waals surface area contributed by atoms with Crippen LogP contribution in [0.1, 0.15) is 5.76 Å². The summed E-state index contributed by atoms with van der Waals surface area (Å²) < 4.78 is 37.0. The number of hydrogen-bond donors (Lipinski definition) is 1. The second kappa shape index (κ2) is 8.96. The van der Waals surface area contributed by atoms with Gasteiger partial charge >= 0.3 is 0 Å². The Morgan fingerprint density at radius 3 is 2.72 bits per heavy atom. The van der Waals surface area contributed by atoms with Gasteiger partial charge in [-0.2, -0.15) is 14.6 Å². The summed E-state index contributed by atoms with van der Waals surface area (Å²) in [5, 5.41) is 22.4. The highest BCUT2D eigenvalue weighted by Crippen LogP contribution is 2.34. The van der Waals surface area contributed by atoms with Crippen LogP contribution in [0.2, 0.25) is 0 Å². The van der Waals surface area contributed by atoms with Crippen LogP contribution in [0.3, 0.4) is 0 Å². The number of methoxy groups -OCH3 is 1. The molecule has 1 N–H and O–H groups in total. The molecule has 1 amide bonds. The first-order valence-electron chi connectivity index (χ1n) is 8.52. The highest BCUT2D eigenvalue weighted by atomic mass is 32.2. The van der Waals surface area contributed by atoms with E-state index < -0.39 is 25.8 Å². The van der Waals surface area contributed by atoms with Gasteiger partial charge in [-0.05, 0) is 24.3 Å². The maximum Gasteiger partial charge on any atom is 0.284 e. The molecule has 1 aromatic carbocycles. The van der Waals surface area contributed by atoms with Gasteiger partial charge in [-0.25, -0.2) is 8.42 Å². The number of aromatic nitrogens is 2. The van der Waals surface area contributed by atoms with E-state index in [0.29, 0.717) is 17.3 Å². The number of ether oxygens (including phenoxy) is 1. The van der Waals surface area contributed by atoms with E-state index in [2.05, 4.69) is 14.7 Å². The molecule has 0 unspecified atom stereocenters. The average Bonchev–Trinajstić information content (AvgIpc) is 3.40. The van der Waals surface area contributed by atoms with Crippen LogP contribution in [0.25, 0.3) is 17.4 Å². The summed E-state index contributed by atoms with van der Waals surface area (Å²) in [5.41, 5.74) is -0.433. The number of sulfone groups is 1. The summed E-state index contributed by atoms with van der Waals surface area (Å²) in [7, 11) is -2.26. The van der Waals surface area contributed by atoms with Crippen LogP contribution in [0.5, 0.6) is 5.75 Å². The molecular formula is C18H13N5O7S2. The minimum atomic E-state index is -3.64. The van der Waals surface area contributed by atoms with Gasteiger partial charge in [0.1, 0.15) is 28.9 Å². The Balaban J connectivity index is 1.86. The molecule has 32 heavy (non-hydrogen) atoms. The molecule has 0 aliphatic heterocycles. The topological polar surface area (TPSA) is 178 Å². The number of amides is 1. The SMILES string of the molecule is COc1ccc(-c2ccc(/C=C(/C#N)C(=O)Nc3nc(S(C)(=O)=O)ns3)o2)c([N+](=O)[O-])c1. The molecule has 12 nitrogen and oxygen atoms in total. The molecule has 0 saturated heterocycles. The van der Waals surface area contributed by atoms with Gasteiger partial charge in [0.2, 0.25) is 15.0 Å². The number of hydrogen-bond acceptors (Lipinski definition) is 11. The zero-order chi connectivity index (χ0) is 23.5. The quantitative estimate of drug-likeness (QED) is 0.231. The van der Waals surface area contributed by atoms with E-state index in [1.165, 1.54) is 37.4 Å². The minimum absolute atomic E-state index is 0.0888. The Kier molecular flexibility index (Phi) is 6.32. The van der Waals surface area contributed by atoms with Gasteiger partial charge in [-0.15, -0.1) is 0 Å². The largest absolute Gasteiger partial charge is 0.497 e. The van der Waals surface area contributed by atoms with Crippen LogP contribution in [0.4, 0.5) is 10.8 Å². The number of nitro benzene ring substituents is 1. The van der Waals surface area contributed by atoms with Gasteiger partial charge in [-0.1, -0.05) is 0 Å². The molecule has 14 heteroatoms. The van der Waals surface area contributed by atoms with Gasteiger partial charge in [0, 0.05) is 23.9 Å². The number of anilines is 1. The first-order chi connectivity index (χ1) is 15.1. The van der Waals surface area contributed by atoms with Crippen molar-refractivity contribution in [3.63, 3.8) is 0 Å². The van der Waals surface area contributed by atoms with Crippen molar-refractivity contribution in [3.05, 3.63) is 51.8 Å². The molecular weight excluding hydrogens is 462 g/mol. The molecule has 3 rings (SSSR count). The van der Waals surface area contributed by atoms with Crippen LogP contribution in [-0.4, -0.2) is 42.0 Å². The van der Waals surface area contributed by atoms with Crippen molar-refractivity contribution in [2.75, 3.05) is 18.7 Å². The Bertz CT molecular complexity index is 1380. The smallest absolute Gasteiger partial charge is 0.284 e. The Morgan fingerprint density at radius 1 is 1.38 bits per heavy atom. The first-order valence-corrected chi connectivity index (χ1v) is 11.2. The van der Waals surface area contributed by atoms with Crippen LogP contribution < -0.4 is 10.1 Å². The zero-order valence-corrected chi connectivity index (χ0v) is 18.1. The number of nitrogens with zero attached hydrogens (tertiary/aromatic N) is 4. The molecule has 0 saturated carbocycles. The summed E-state index contributed by atoms with van der Waals surface area (Å²) in [6.07, 6.45) is 2.05. The number of rotatable bonds is 7. The lowest BCUT2D eigenvalue weighted by Gasteiger charge is -2.03. The highest BCUT2D eigenvalue weighted by Gasteiger charge is 2.20. The highest BCUT2D eigenvalue weighted by molar-refractivity contribution is 7.90. The van der Waals surface area contributed by atoms with Gasteiger partial charge in [0.15, 0.2) is 0 Å². The van der Waals surface area contributed by atoms with E-state index in [4.69, 9.17) is 9.15 Å². The van der Waals surface area contributed by atoms with Crippen molar-refractivity contribution in [2.45, 2.75) is 5.16 Å². The summed E-state index contributed by atoms with van der Waals surface area (Å²) in [5.74, 6) is -0.334. The third-order valence-corrected chi connectivity index (χ3v) is 5.50. The molecule has 0 fully saturated rings. The molecule has 0 atom stereocenters. The van der Waals surface area contributed by atoms with E-state index >= 15 is 0 Å². The van der Waals surface area contributed by atoms with Crippen LogP contribution in [0, 0.1) is 21.4 Å². The van der Waals surface area contributed by atoms with Gasteiger partial charge in [0.05, 0.1) is 23.7 Å². The van der Waals surface area contributed by atoms with E-state index in [-0.39, 0.29) is 33.5 Å². The standard InChI is InChI=1S/C18H13N5O7S2/c1-29-11-3-5-13(14(8-11)23(25)26)15-6-4-12(30-15)7-10(9-19)16(24)20-17-21-18(22-31-17)32(2,27)28/h3-8H,1-2H3,(H,20,21,22,24)/b10-7-. The van der Waals surface area contributed by atoms with Gasteiger partial charge in [0.25, 0.3) is 16.8 Å². The van der Waals surface area contributed by atoms with Gasteiger partial charge in [-0.3, -0.25) is 20.2 Å². The lowest BCUT2D eigenvalue weighted by Crippen LogP contribution is -2.13. The lowest BCUT2D eigenvalue weighted by molar-refractivity contribution is -0.384. The van der Waals surface area contributed by atoms with Crippen LogP contribution in [-0.2, 0) is 14.6 Å². The zero-order valence-electron chi connectivity index (χ0n) is 16.4. The predicted octanol–water partition coefficient (Wildman–Crippen LogP) is 2.66. The van der Waals surface area contributed by atoms with Gasteiger partial charge < -0.3 is 9.15 Å². The number of nitro groups is 1. The minimum Gasteiger partial charge on any atom is -0.497 e. The molecule has 164 valence electrons. The van der Waals surface area contributed by atoms with Crippen LogP contribution >= 0.6 is 11.5 Å². The normalized spacial score (nSPS) is 11.6. The molecule has 0 radical (unpaired) electrons. The second-order valence-electron chi connectivity index (χ2n) is 6.12. The van der Waals surface area contributed by atoms with Crippen LogP contribution in [0.15, 0.2) is 45.5 Å². The van der Waals surface area contributed by atoms with Crippen molar-refractivity contribution in [1.82, 2.24) is 9.36 Å². The Morgan fingerprint density at radius 2 is 2.12 bits per heavy atom. The number of nitriles is 1. The number of carbonyl (C=O) groups excluding carboxylic acids is 1. The van der Waals surface area contributed by atoms with Crippen molar-refractivity contribution in [3.8, 4) is 23.1 Å². The molecule has 2 heterocycles. The summed E-state index contributed by atoms with van der Waals surface area (Å²) in [6, 6.07) is 8.82. The number of nitrogens with one attached hydrogen (secondary N) is 1. The van der Waals surface area contributed by atoms with E-state index in [1.807, 2.05) is 0 Å². The maximum atomic E-state index is 12.3. The first kappa shape index (κ1) is 22.6. The fourth-order valence-electron chi connectivity index (χ4n) is 2.44. The number of furan rings is 1. The summed E-state index contributed by atoms with van der Waals surface area (Å²) in [6.45, 7) is 0. The summed E-state index contributed by atoms with van der Waals surface area (Å²) >= 11 is 0.641. The number of carbonyl (C=O) groups is 1. The third-order valence-electron chi connectivity index (χ3n) is 3.91. The molecule has 0 aliphatic carbocycles. The molecule has 0 spiro atoms. The average molecular weight is 475 g/mol. The second-order valence-corrected chi connectivity index (χ2v) is 8.78. The maximum absolute atomic E-state index is 12.3. The van der Waals surface area contributed by atoms with E-state index in [1.54, 1.807) is 6.07 Å². The molecule has 0 bridgehead atoms. The Hall–Kier alpha value is -4.09.